The van der Waals surface area contributed by atoms with E-state index in [1.165, 1.54) is 36.5 Å². The van der Waals surface area contributed by atoms with Gasteiger partial charge in [0.15, 0.2) is 0 Å². The van der Waals surface area contributed by atoms with Crippen molar-refractivity contribution in [1.29, 1.82) is 0 Å². The quantitative estimate of drug-likeness (QED) is 0.461. The minimum Gasteiger partial charge on any atom is -0.472 e. The lowest BCUT2D eigenvalue weighted by Gasteiger charge is -2.09. The molecular formula is C20H12F3N5O2. The maximum absolute atomic E-state index is 14.8. The van der Waals surface area contributed by atoms with Crippen LogP contribution in [0.1, 0.15) is 10.4 Å². The van der Waals surface area contributed by atoms with Crippen LogP contribution in [0.4, 0.5) is 18.9 Å². The van der Waals surface area contributed by atoms with Crippen molar-refractivity contribution in [2.45, 2.75) is 0 Å². The first kappa shape index (κ1) is 18.0. The van der Waals surface area contributed by atoms with E-state index in [2.05, 4.69) is 20.6 Å². The number of rotatable bonds is 3. The SMILES string of the molecule is Cn1ncc2c(F)c(C(=O)Nc3cc4c(-c5ccoc5)n[nH]c4cc3F)c(F)cc21. The molecule has 0 bridgehead atoms. The fourth-order valence-electron chi connectivity index (χ4n) is 3.37. The minimum absolute atomic E-state index is 0.0166. The van der Waals surface area contributed by atoms with Crippen molar-refractivity contribution in [3.8, 4) is 11.3 Å². The standard InChI is InChI=1S/C20H12F3N5O2/c1-28-16-6-13(22)17(18(23)11(16)7-24-28)20(29)25-15-4-10-14(5-12(15)21)26-27-19(10)9-2-3-30-8-9/h2-8H,1H3,(H,25,29)(H,26,27). The molecule has 0 aliphatic heterocycles. The van der Waals surface area contributed by atoms with Crippen LogP contribution >= 0.6 is 0 Å². The molecule has 150 valence electrons. The van der Waals surface area contributed by atoms with Gasteiger partial charge in [0, 0.05) is 30.1 Å². The van der Waals surface area contributed by atoms with Gasteiger partial charge in [-0.3, -0.25) is 14.6 Å². The summed E-state index contributed by atoms with van der Waals surface area (Å²) in [6.45, 7) is 0. The molecule has 3 heterocycles. The summed E-state index contributed by atoms with van der Waals surface area (Å²) in [5.41, 5.74) is 0.627. The van der Waals surface area contributed by atoms with E-state index >= 15 is 0 Å². The van der Waals surface area contributed by atoms with Crippen LogP contribution in [0.5, 0.6) is 0 Å². The van der Waals surface area contributed by atoms with Gasteiger partial charge in [0.05, 0.1) is 40.8 Å². The highest BCUT2D eigenvalue weighted by Crippen LogP contribution is 2.31. The molecule has 0 radical (unpaired) electrons. The number of fused-ring (bicyclic) bond motifs is 2. The van der Waals surface area contributed by atoms with Crippen LogP contribution < -0.4 is 5.32 Å². The van der Waals surface area contributed by atoms with Crippen molar-refractivity contribution in [1.82, 2.24) is 20.0 Å². The third kappa shape index (κ3) is 2.65. The number of halogens is 3. The Labute approximate surface area is 166 Å². The van der Waals surface area contributed by atoms with Crippen LogP contribution in [-0.2, 0) is 7.05 Å². The Bertz CT molecular complexity index is 1440. The third-order valence-corrected chi connectivity index (χ3v) is 4.86. The second-order valence-electron chi connectivity index (χ2n) is 6.66. The van der Waals surface area contributed by atoms with E-state index in [1.54, 1.807) is 6.07 Å². The van der Waals surface area contributed by atoms with E-state index in [0.29, 0.717) is 22.2 Å². The van der Waals surface area contributed by atoms with Gasteiger partial charge < -0.3 is 9.73 Å². The number of hydrogen-bond acceptors (Lipinski definition) is 4. The molecular weight excluding hydrogens is 399 g/mol. The fourth-order valence-corrected chi connectivity index (χ4v) is 3.37. The van der Waals surface area contributed by atoms with Gasteiger partial charge >= 0.3 is 0 Å². The van der Waals surface area contributed by atoms with E-state index < -0.39 is 28.9 Å². The zero-order valence-corrected chi connectivity index (χ0v) is 15.3. The molecule has 0 unspecified atom stereocenters. The molecule has 0 saturated heterocycles. The summed E-state index contributed by atoms with van der Waals surface area (Å²) in [6.07, 6.45) is 4.11. The largest absolute Gasteiger partial charge is 0.472 e. The molecule has 2 N–H and O–H groups in total. The number of carbonyl (C=O) groups is 1. The smallest absolute Gasteiger partial charge is 0.261 e. The van der Waals surface area contributed by atoms with Crippen molar-refractivity contribution in [3.05, 3.63) is 66.0 Å². The van der Waals surface area contributed by atoms with Crippen LogP contribution in [-0.4, -0.2) is 25.9 Å². The van der Waals surface area contributed by atoms with Crippen LogP contribution in [0.2, 0.25) is 0 Å². The first-order valence-electron chi connectivity index (χ1n) is 8.75. The van der Waals surface area contributed by atoms with Gasteiger partial charge in [-0.05, 0) is 12.1 Å². The molecule has 0 aliphatic carbocycles. The maximum Gasteiger partial charge on any atom is 0.261 e. The molecule has 0 aliphatic rings. The highest BCUT2D eigenvalue weighted by Gasteiger charge is 2.23. The van der Waals surface area contributed by atoms with Gasteiger partial charge in [0.25, 0.3) is 5.91 Å². The van der Waals surface area contributed by atoms with Gasteiger partial charge in [-0.25, -0.2) is 13.2 Å². The molecule has 5 aromatic rings. The van der Waals surface area contributed by atoms with Crippen LogP contribution in [0.15, 0.2) is 47.4 Å². The average molecular weight is 411 g/mol. The zero-order valence-electron chi connectivity index (χ0n) is 15.3. The number of nitrogens with zero attached hydrogens (tertiary/aromatic N) is 3. The molecule has 0 atom stereocenters. The predicted octanol–water partition coefficient (Wildman–Crippen LogP) is 4.38. The topological polar surface area (TPSA) is 88.7 Å². The number of anilines is 1. The Morgan fingerprint density at radius 3 is 2.77 bits per heavy atom. The Hall–Kier alpha value is -4.08. The lowest BCUT2D eigenvalue weighted by atomic mass is 10.1. The number of carbonyl (C=O) groups excluding carboxylic acids is 1. The van der Waals surface area contributed by atoms with Crippen LogP contribution in [0.3, 0.4) is 0 Å². The Kier molecular flexibility index (Phi) is 3.88. The molecule has 7 nitrogen and oxygen atoms in total. The molecule has 3 aromatic heterocycles. The lowest BCUT2D eigenvalue weighted by molar-refractivity contribution is 0.101. The van der Waals surface area contributed by atoms with Gasteiger partial charge in [0.1, 0.15) is 28.7 Å². The van der Waals surface area contributed by atoms with Crippen molar-refractivity contribution < 1.29 is 22.4 Å². The third-order valence-electron chi connectivity index (χ3n) is 4.86. The minimum atomic E-state index is -1.12. The zero-order chi connectivity index (χ0) is 21.0. The molecule has 10 heteroatoms. The predicted molar refractivity (Wildman–Crippen MR) is 102 cm³/mol. The van der Waals surface area contributed by atoms with Crippen molar-refractivity contribution in [2.75, 3.05) is 5.32 Å². The van der Waals surface area contributed by atoms with Gasteiger partial charge in [0.2, 0.25) is 0 Å². The normalized spacial score (nSPS) is 11.5. The fraction of sp³-hybridized carbons (Fsp3) is 0.0500. The van der Waals surface area contributed by atoms with E-state index in [4.69, 9.17) is 4.42 Å². The van der Waals surface area contributed by atoms with Gasteiger partial charge in [-0.1, -0.05) is 0 Å². The average Bonchev–Trinajstić information content (AvgIpc) is 3.43. The molecule has 30 heavy (non-hydrogen) atoms. The molecule has 1 amide bonds. The summed E-state index contributed by atoms with van der Waals surface area (Å²) in [6, 6.07) is 5.16. The highest BCUT2D eigenvalue weighted by atomic mass is 19.1. The Morgan fingerprint density at radius 2 is 2.00 bits per heavy atom. The van der Waals surface area contributed by atoms with Gasteiger partial charge in [-0.15, -0.1) is 0 Å². The number of H-pyrrole nitrogens is 1. The summed E-state index contributed by atoms with van der Waals surface area (Å²) in [4.78, 5) is 12.6. The number of benzene rings is 2. The molecule has 2 aromatic carbocycles. The first-order chi connectivity index (χ1) is 14.4. The van der Waals surface area contributed by atoms with E-state index in [0.717, 1.165) is 12.1 Å². The summed E-state index contributed by atoms with van der Waals surface area (Å²) < 4.78 is 50.1. The maximum atomic E-state index is 14.8. The van der Waals surface area contributed by atoms with Crippen molar-refractivity contribution in [2.24, 2.45) is 7.05 Å². The number of aromatic nitrogens is 4. The second-order valence-corrected chi connectivity index (χ2v) is 6.66. The summed E-state index contributed by atoms with van der Waals surface area (Å²) in [5.74, 6) is -4.06. The number of amides is 1. The first-order valence-corrected chi connectivity index (χ1v) is 8.75. The van der Waals surface area contributed by atoms with E-state index in [9.17, 15) is 18.0 Å². The molecule has 0 saturated carbocycles. The Morgan fingerprint density at radius 1 is 1.17 bits per heavy atom. The second kappa shape index (κ2) is 6.48. The van der Waals surface area contributed by atoms with Crippen LogP contribution in [0.25, 0.3) is 33.1 Å². The molecule has 5 rings (SSSR count). The number of aromatic amines is 1. The number of furan rings is 1. The summed E-state index contributed by atoms with van der Waals surface area (Å²) >= 11 is 0. The summed E-state index contributed by atoms with van der Waals surface area (Å²) in [7, 11) is 1.52. The lowest BCUT2D eigenvalue weighted by Crippen LogP contribution is -2.17. The van der Waals surface area contributed by atoms with Crippen molar-refractivity contribution in [3.63, 3.8) is 0 Å². The molecule has 0 fully saturated rings. The van der Waals surface area contributed by atoms with E-state index in [-0.39, 0.29) is 16.6 Å². The number of aryl methyl sites for hydroxylation is 1. The Balaban J connectivity index is 1.57. The molecule has 0 spiro atoms. The van der Waals surface area contributed by atoms with E-state index in [1.807, 2.05) is 0 Å². The number of hydrogen-bond donors (Lipinski definition) is 2. The van der Waals surface area contributed by atoms with Gasteiger partial charge in [-0.2, -0.15) is 10.2 Å². The van der Waals surface area contributed by atoms with Crippen LogP contribution in [0, 0.1) is 17.5 Å². The highest BCUT2D eigenvalue weighted by molar-refractivity contribution is 6.08. The van der Waals surface area contributed by atoms with Crippen molar-refractivity contribution >= 4 is 33.4 Å². The monoisotopic (exact) mass is 411 g/mol. The number of nitrogens with one attached hydrogen (secondary N) is 2. The summed E-state index contributed by atoms with van der Waals surface area (Å²) in [5, 5.41) is 13.4.